The predicted octanol–water partition coefficient (Wildman–Crippen LogP) is 3.05. The molecule has 2 aromatic rings. The molecule has 148 valence electrons. The van der Waals surface area contributed by atoms with Gasteiger partial charge in [0.1, 0.15) is 0 Å². The van der Waals surface area contributed by atoms with Crippen LogP contribution in [0.1, 0.15) is 51.6 Å². The van der Waals surface area contributed by atoms with Crippen molar-refractivity contribution in [3.63, 3.8) is 0 Å². The molecule has 4 aliphatic heterocycles. The zero-order chi connectivity index (χ0) is 19.6. The van der Waals surface area contributed by atoms with Crippen LogP contribution >= 0.6 is 0 Å². The number of fused-ring (bicyclic) bond motifs is 2. The molecule has 5 heteroatoms. The first-order valence-corrected chi connectivity index (χ1v) is 10.6. The van der Waals surface area contributed by atoms with E-state index in [1.54, 1.807) is 0 Å². The van der Waals surface area contributed by atoms with Gasteiger partial charge in [-0.3, -0.25) is 14.4 Å². The van der Waals surface area contributed by atoms with Gasteiger partial charge in [-0.15, -0.1) is 0 Å². The Kier molecular flexibility index (Phi) is 4.13. The highest BCUT2D eigenvalue weighted by Crippen LogP contribution is 2.47. The van der Waals surface area contributed by atoms with Crippen molar-refractivity contribution >= 4 is 5.91 Å². The van der Waals surface area contributed by atoms with Crippen LogP contribution in [0.15, 0.2) is 24.3 Å². The molecule has 1 amide bonds. The molecule has 0 radical (unpaired) electrons. The third kappa shape index (κ3) is 2.55. The van der Waals surface area contributed by atoms with E-state index in [0.29, 0.717) is 23.9 Å². The molecule has 4 saturated heterocycles. The lowest BCUT2D eigenvalue weighted by Crippen LogP contribution is -2.60. The number of benzene rings is 1. The monoisotopic (exact) mass is 378 g/mol. The standard InChI is InChI=1S/C23H30N4O/c1-14-5-7-17(8-6-14)19-13-27(21-18-9-11-26(12-10-18)22(19)21)23(28)20-15(2)24-25(4)16(20)3/h5-8,18-19,21-22H,9-13H2,1-4H3/t19-,21+,22+/m0/s1. The Morgan fingerprint density at radius 3 is 2.32 bits per heavy atom. The van der Waals surface area contributed by atoms with Gasteiger partial charge >= 0.3 is 0 Å². The number of rotatable bonds is 2. The third-order valence-corrected chi connectivity index (χ3v) is 7.48. The zero-order valence-corrected chi connectivity index (χ0v) is 17.4. The Hall–Kier alpha value is -2.14. The maximum Gasteiger partial charge on any atom is 0.257 e. The number of aromatic nitrogens is 2. The van der Waals surface area contributed by atoms with Crippen LogP contribution in [0, 0.1) is 26.7 Å². The van der Waals surface area contributed by atoms with E-state index in [9.17, 15) is 4.79 Å². The lowest BCUT2D eigenvalue weighted by atomic mass is 9.75. The molecule has 0 N–H and O–H groups in total. The fourth-order valence-corrected chi connectivity index (χ4v) is 5.99. The fourth-order valence-electron chi connectivity index (χ4n) is 5.99. The van der Waals surface area contributed by atoms with Crippen molar-refractivity contribution < 1.29 is 4.79 Å². The van der Waals surface area contributed by atoms with Crippen LogP contribution in [0.4, 0.5) is 0 Å². The van der Waals surface area contributed by atoms with Gasteiger partial charge in [0.05, 0.1) is 17.3 Å². The number of hydrogen-bond acceptors (Lipinski definition) is 3. The van der Waals surface area contributed by atoms with E-state index in [4.69, 9.17) is 0 Å². The van der Waals surface area contributed by atoms with Gasteiger partial charge in [-0.25, -0.2) is 0 Å². The first-order chi connectivity index (χ1) is 13.5. The average Bonchev–Trinajstić information content (AvgIpc) is 3.23. The Morgan fingerprint density at radius 1 is 1.04 bits per heavy atom. The fraction of sp³-hybridized carbons (Fsp3) is 0.565. The van der Waals surface area contributed by atoms with Crippen molar-refractivity contribution in [2.24, 2.45) is 13.0 Å². The second-order valence-electron chi connectivity index (χ2n) is 9.00. The molecule has 0 spiro atoms. The van der Waals surface area contributed by atoms with Crippen molar-refractivity contribution in [1.82, 2.24) is 19.6 Å². The SMILES string of the molecule is Cc1ccc([C@@H]2CN(C(=O)c3c(C)nn(C)c3C)[C@@H]3C4CCN(CC4)[C@@H]32)cc1. The average molecular weight is 379 g/mol. The van der Waals surface area contributed by atoms with Crippen molar-refractivity contribution in [2.75, 3.05) is 19.6 Å². The van der Waals surface area contributed by atoms with Crippen LogP contribution in [0.5, 0.6) is 0 Å². The van der Waals surface area contributed by atoms with Gasteiger partial charge in [0.25, 0.3) is 5.91 Å². The van der Waals surface area contributed by atoms with Gasteiger partial charge in [0.15, 0.2) is 0 Å². The van der Waals surface area contributed by atoms with E-state index < -0.39 is 0 Å². The number of aryl methyl sites for hydroxylation is 3. The summed E-state index contributed by atoms with van der Waals surface area (Å²) in [6, 6.07) is 9.75. The maximum atomic E-state index is 13.7. The zero-order valence-electron chi connectivity index (χ0n) is 17.4. The molecule has 1 aromatic heterocycles. The first-order valence-electron chi connectivity index (χ1n) is 10.6. The summed E-state index contributed by atoms with van der Waals surface area (Å²) in [5.74, 6) is 1.21. The van der Waals surface area contributed by atoms with Crippen LogP contribution in [-0.2, 0) is 7.05 Å². The number of amides is 1. The topological polar surface area (TPSA) is 41.4 Å². The number of nitrogens with zero attached hydrogens (tertiary/aromatic N) is 4. The van der Waals surface area contributed by atoms with Gasteiger partial charge in [-0.1, -0.05) is 29.8 Å². The molecular weight excluding hydrogens is 348 g/mol. The minimum absolute atomic E-state index is 0.182. The molecule has 3 atom stereocenters. The Bertz CT molecular complexity index is 907. The Morgan fingerprint density at radius 2 is 1.71 bits per heavy atom. The number of carbonyl (C=O) groups is 1. The first kappa shape index (κ1) is 17.9. The lowest BCUT2D eigenvalue weighted by molar-refractivity contribution is -0.00345. The number of carbonyl (C=O) groups excluding carboxylic acids is 1. The second-order valence-corrected chi connectivity index (χ2v) is 9.00. The van der Waals surface area contributed by atoms with E-state index in [0.717, 1.165) is 23.5 Å². The summed E-state index contributed by atoms with van der Waals surface area (Å²) >= 11 is 0. The Labute approximate surface area is 167 Å². The summed E-state index contributed by atoms with van der Waals surface area (Å²) in [7, 11) is 1.93. The van der Waals surface area contributed by atoms with Crippen LogP contribution in [0.3, 0.4) is 0 Å². The van der Waals surface area contributed by atoms with Crippen LogP contribution in [0.25, 0.3) is 0 Å². The molecule has 6 rings (SSSR count). The van der Waals surface area contributed by atoms with Gasteiger partial charge in [-0.2, -0.15) is 5.10 Å². The molecule has 0 unspecified atom stereocenters. The minimum Gasteiger partial charge on any atom is -0.333 e. The molecule has 5 nitrogen and oxygen atoms in total. The predicted molar refractivity (Wildman–Crippen MR) is 110 cm³/mol. The molecule has 4 aliphatic rings. The largest absolute Gasteiger partial charge is 0.333 e. The van der Waals surface area contributed by atoms with E-state index in [2.05, 4.69) is 46.1 Å². The number of hydrogen-bond donors (Lipinski definition) is 0. The summed E-state index contributed by atoms with van der Waals surface area (Å²) in [4.78, 5) is 18.6. The van der Waals surface area contributed by atoms with Gasteiger partial charge in [0, 0.05) is 31.2 Å². The van der Waals surface area contributed by atoms with Crippen molar-refractivity contribution in [3.8, 4) is 0 Å². The highest BCUT2D eigenvalue weighted by molar-refractivity contribution is 5.97. The molecule has 2 bridgehead atoms. The quantitative estimate of drug-likeness (QED) is 0.807. The van der Waals surface area contributed by atoms with E-state index in [1.807, 2.05) is 25.6 Å². The summed E-state index contributed by atoms with van der Waals surface area (Å²) in [6.45, 7) is 9.29. The van der Waals surface area contributed by atoms with Crippen molar-refractivity contribution in [2.45, 2.75) is 51.6 Å². The number of likely N-dealkylation sites (tertiary alicyclic amines) is 1. The molecule has 5 heterocycles. The lowest BCUT2D eigenvalue weighted by Gasteiger charge is -2.51. The van der Waals surface area contributed by atoms with Gasteiger partial charge in [0.2, 0.25) is 0 Å². The summed E-state index contributed by atoms with van der Waals surface area (Å²) in [6.07, 6.45) is 2.44. The van der Waals surface area contributed by atoms with Crippen LogP contribution in [-0.4, -0.2) is 57.2 Å². The van der Waals surface area contributed by atoms with Crippen molar-refractivity contribution in [3.05, 3.63) is 52.3 Å². The summed E-state index contributed by atoms with van der Waals surface area (Å²) in [5, 5.41) is 4.50. The Balaban J connectivity index is 1.55. The number of piperidine rings is 3. The highest BCUT2D eigenvalue weighted by atomic mass is 16.2. The molecule has 1 aromatic carbocycles. The van der Waals surface area contributed by atoms with Crippen molar-refractivity contribution in [1.29, 1.82) is 0 Å². The minimum atomic E-state index is 0.182. The van der Waals surface area contributed by atoms with Crippen LogP contribution < -0.4 is 0 Å². The van der Waals surface area contributed by atoms with E-state index in [1.165, 1.54) is 37.1 Å². The summed E-state index contributed by atoms with van der Waals surface area (Å²) < 4.78 is 1.84. The maximum absolute atomic E-state index is 13.7. The normalized spacial score (nSPS) is 31.3. The molecule has 0 aliphatic carbocycles. The molecule has 0 saturated carbocycles. The molecule has 28 heavy (non-hydrogen) atoms. The van der Waals surface area contributed by atoms with Crippen LogP contribution in [0.2, 0.25) is 0 Å². The van der Waals surface area contributed by atoms with Gasteiger partial charge < -0.3 is 4.90 Å². The molecule has 4 fully saturated rings. The third-order valence-electron chi connectivity index (χ3n) is 7.48. The second kappa shape index (κ2) is 6.45. The smallest absolute Gasteiger partial charge is 0.257 e. The van der Waals surface area contributed by atoms with E-state index in [-0.39, 0.29) is 5.91 Å². The van der Waals surface area contributed by atoms with E-state index >= 15 is 0 Å². The highest BCUT2D eigenvalue weighted by Gasteiger charge is 2.55. The summed E-state index contributed by atoms with van der Waals surface area (Å²) in [5.41, 5.74) is 5.30. The van der Waals surface area contributed by atoms with Gasteiger partial charge in [-0.05, 0) is 58.2 Å². The molecular formula is C23H30N4O.